The lowest BCUT2D eigenvalue weighted by molar-refractivity contribution is 0.0982. The van der Waals surface area contributed by atoms with E-state index in [0.717, 1.165) is 33.5 Å². The number of rotatable bonds is 11. The summed E-state index contributed by atoms with van der Waals surface area (Å²) in [4.78, 5) is 12.6. The molecule has 0 aliphatic carbocycles. The van der Waals surface area contributed by atoms with Crippen LogP contribution in [0.15, 0.2) is 108 Å². The van der Waals surface area contributed by atoms with E-state index in [1.165, 1.54) is 5.56 Å². The normalized spacial score (nSPS) is 12.6. The molecule has 0 fully saturated rings. The second-order valence-corrected chi connectivity index (χ2v) is 14.4. The van der Waals surface area contributed by atoms with Gasteiger partial charge in [0.1, 0.15) is 0 Å². The first-order valence-corrected chi connectivity index (χ1v) is 16.9. The van der Waals surface area contributed by atoms with Crippen LogP contribution in [0.5, 0.6) is 0 Å². The van der Waals surface area contributed by atoms with Crippen LogP contribution in [-0.2, 0) is 22.0 Å². The number of hydrogen-bond acceptors (Lipinski definition) is 5. The van der Waals surface area contributed by atoms with Crippen molar-refractivity contribution in [3.8, 4) is 22.5 Å². The van der Waals surface area contributed by atoms with E-state index in [9.17, 15) is 13.2 Å². The van der Waals surface area contributed by atoms with E-state index in [1.807, 2.05) is 60.7 Å². The van der Waals surface area contributed by atoms with Crippen molar-refractivity contribution in [3.63, 3.8) is 0 Å². The molecule has 1 N–H and O–H groups in total. The number of benzene rings is 4. The highest BCUT2D eigenvalue weighted by Crippen LogP contribution is 2.34. The largest absolute Gasteiger partial charge is 0.356 e. The van der Waals surface area contributed by atoms with E-state index in [1.54, 1.807) is 12.1 Å². The average molecular weight is 642 g/mol. The number of nitrogens with zero attached hydrogens (tertiary/aromatic N) is 1. The van der Waals surface area contributed by atoms with Crippen LogP contribution < -0.4 is 0 Å². The summed E-state index contributed by atoms with van der Waals surface area (Å²) in [5.74, 6) is -0.0332. The van der Waals surface area contributed by atoms with Crippen LogP contribution >= 0.6 is 11.6 Å². The molecule has 232 valence electrons. The van der Waals surface area contributed by atoms with Crippen molar-refractivity contribution < 1.29 is 22.3 Å². The number of halogens is 1. The molecule has 5 aromatic rings. The standard InChI is InChI=1S/C37H36ClNO5S/c1-37(2,3)31-17-13-27(14-18-31)33(22-25-9-11-28(12-10-25)35(40)8-5-21-45(41,42)43)34-24-36(44-39-34)30-7-4-6-29(23-30)26-15-19-32(38)20-16-26/h4,6-7,9-20,23-24,33H,5,8,21-22H2,1-3H3,(H,41,42,43)/t33-/m0/s1. The number of Topliss-reactive ketones (excluding diaryl/α,β-unsaturated/α-hetero) is 1. The molecule has 6 nitrogen and oxygen atoms in total. The van der Waals surface area contributed by atoms with Crippen LogP contribution in [0.1, 0.15) is 72.3 Å². The molecule has 0 unspecified atom stereocenters. The van der Waals surface area contributed by atoms with Crippen LogP contribution in [0.25, 0.3) is 22.5 Å². The lowest BCUT2D eigenvalue weighted by Gasteiger charge is -2.21. The van der Waals surface area contributed by atoms with E-state index in [4.69, 9.17) is 20.7 Å². The Hall–Kier alpha value is -4.04. The third kappa shape index (κ3) is 8.57. The molecule has 0 bridgehead atoms. The predicted octanol–water partition coefficient (Wildman–Crippen LogP) is 9.18. The Bertz CT molecular complexity index is 1870. The molecule has 8 heteroatoms. The fourth-order valence-corrected chi connectivity index (χ4v) is 5.95. The summed E-state index contributed by atoms with van der Waals surface area (Å²) >= 11 is 6.09. The molecule has 0 saturated heterocycles. The van der Waals surface area contributed by atoms with Crippen molar-refractivity contribution in [1.29, 1.82) is 0 Å². The minimum atomic E-state index is -4.09. The number of carbonyl (C=O) groups excluding carboxylic acids is 1. The topological polar surface area (TPSA) is 97.5 Å². The zero-order chi connectivity index (χ0) is 32.2. The van der Waals surface area contributed by atoms with E-state index < -0.39 is 15.9 Å². The van der Waals surface area contributed by atoms with Gasteiger partial charge in [-0.15, -0.1) is 0 Å². The monoisotopic (exact) mass is 641 g/mol. The molecule has 0 spiro atoms. The summed E-state index contributed by atoms with van der Waals surface area (Å²) in [5, 5.41) is 5.22. The van der Waals surface area contributed by atoms with Gasteiger partial charge in [-0.1, -0.05) is 116 Å². The van der Waals surface area contributed by atoms with E-state index in [2.05, 4.69) is 56.3 Å². The van der Waals surface area contributed by atoms with Gasteiger partial charge in [-0.05, 0) is 64.3 Å². The minimum absolute atomic E-state index is 0.0217. The summed E-state index contributed by atoms with van der Waals surface area (Å²) < 4.78 is 36.8. The second kappa shape index (κ2) is 13.5. The van der Waals surface area contributed by atoms with E-state index in [-0.39, 0.29) is 30.0 Å². The van der Waals surface area contributed by atoms with Crippen LogP contribution in [0.3, 0.4) is 0 Å². The molecule has 1 heterocycles. The van der Waals surface area contributed by atoms with Crippen molar-refractivity contribution in [3.05, 3.63) is 136 Å². The van der Waals surface area contributed by atoms with Crippen LogP contribution in [0, 0.1) is 0 Å². The molecule has 0 saturated carbocycles. The average Bonchev–Trinajstić information content (AvgIpc) is 3.50. The number of aromatic nitrogens is 1. The highest BCUT2D eigenvalue weighted by atomic mass is 35.5. The van der Waals surface area contributed by atoms with Crippen molar-refractivity contribution in [1.82, 2.24) is 5.16 Å². The van der Waals surface area contributed by atoms with Gasteiger partial charge >= 0.3 is 0 Å². The van der Waals surface area contributed by atoms with E-state index in [0.29, 0.717) is 22.8 Å². The third-order valence-corrected chi connectivity index (χ3v) is 8.97. The lowest BCUT2D eigenvalue weighted by atomic mass is 9.83. The zero-order valence-electron chi connectivity index (χ0n) is 25.5. The van der Waals surface area contributed by atoms with Gasteiger partial charge in [0.2, 0.25) is 0 Å². The molecule has 5 rings (SSSR count). The van der Waals surface area contributed by atoms with Gasteiger partial charge in [0.15, 0.2) is 11.5 Å². The van der Waals surface area contributed by atoms with Crippen molar-refractivity contribution in [2.24, 2.45) is 0 Å². The Balaban J connectivity index is 1.41. The maximum atomic E-state index is 12.6. The molecular weight excluding hydrogens is 606 g/mol. The highest BCUT2D eigenvalue weighted by Gasteiger charge is 2.22. The summed E-state index contributed by atoms with van der Waals surface area (Å²) in [6.07, 6.45) is 0.745. The van der Waals surface area contributed by atoms with Gasteiger partial charge in [0.05, 0.1) is 11.4 Å². The first kappa shape index (κ1) is 32.4. The van der Waals surface area contributed by atoms with Gasteiger partial charge in [-0.2, -0.15) is 8.42 Å². The van der Waals surface area contributed by atoms with E-state index >= 15 is 0 Å². The Morgan fingerprint density at radius 2 is 1.53 bits per heavy atom. The van der Waals surface area contributed by atoms with Crippen molar-refractivity contribution in [2.45, 2.75) is 51.4 Å². The fraction of sp³-hybridized carbons (Fsp3) is 0.243. The first-order valence-electron chi connectivity index (χ1n) is 14.9. The number of ketones is 1. The second-order valence-electron chi connectivity index (χ2n) is 12.3. The van der Waals surface area contributed by atoms with Gasteiger partial charge in [0, 0.05) is 34.6 Å². The molecule has 0 radical (unpaired) electrons. The molecular formula is C37H36ClNO5S. The van der Waals surface area contributed by atoms with Crippen molar-refractivity contribution in [2.75, 3.05) is 5.75 Å². The maximum Gasteiger partial charge on any atom is 0.264 e. The minimum Gasteiger partial charge on any atom is -0.356 e. The maximum absolute atomic E-state index is 12.6. The molecule has 1 aromatic heterocycles. The summed E-state index contributed by atoms with van der Waals surface area (Å²) in [6, 6.07) is 33.8. The molecule has 4 aromatic carbocycles. The van der Waals surface area contributed by atoms with Crippen molar-refractivity contribution >= 4 is 27.5 Å². The Morgan fingerprint density at radius 3 is 2.18 bits per heavy atom. The summed E-state index contributed by atoms with van der Waals surface area (Å²) in [6.45, 7) is 6.56. The predicted molar refractivity (Wildman–Crippen MR) is 179 cm³/mol. The Labute approximate surface area is 269 Å². The van der Waals surface area contributed by atoms with Gasteiger partial charge in [-0.25, -0.2) is 0 Å². The first-order chi connectivity index (χ1) is 21.4. The Kier molecular flexibility index (Phi) is 9.73. The van der Waals surface area contributed by atoms with Gasteiger partial charge < -0.3 is 4.52 Å². The lowest BCUT2D eigenvalue weighted by Crippen LogP contribution is -2.12. The quantitative estimate of drug-likeness (QED) is 0.114. The SMILES string of the molecule is CC(C)(C)c1ccc([C@H](Cc2ccc(C(=O)CCCS(=O)(=O)O)cc2)c2cc(-c3cccc(-c4ccc(Cl)cc4)c3)on2)cc1. The molecule has 0 aliphatic rings. The van der Waals surface area contributed by atoms with Crippen LogP contribution in [0.4, 0.5) is 0 Å². The molecule has 45 heavy (non-hydrogen) atoms. The molecule has 0 aliphatic heterocycles. The Morgan fingerprint density at radius 1 is 0.867 bits per heavy atom. The van der Waals surface area contributed by atoms with Gasteiger partial charge in [-0.3, -0.25) is 9.35 Å². The third-order valence-electron chi connectivity index (χ3n) is 7.91. The van der Waals surface area contributed by atoms with Crippen LogP contribution in [-0.4, -0.2) is 29.7 Å². The number of carbonyl (C=O) groups is 1. The van der Waals surface area contributed by atoms with Gasteiger partial charge in [0.25, 0.3) is 10.1 Å². The summed E-state index contributed by atoms with van der Waals surface area (Å²) in [7, 11) is -4.09. The summed E-state index contributed by atoms with van der Waals surface area (Å²) in [5.41, 5.74) is 7.70. The highest BCUT2D eigenvalue weighted by molar-refractivity contribution is 7.85. The number of hydrogen-bond donors (Lipinski definition) is 1. The molecule has 1 atom stereocenters. The molecule has 0 amide bonds. The smallest absolute Gasteiger partial charge is 0.264 e. The fourth-order valence-electron chi connectivity index (χ4n) is 5.31. The zero-order valence-corrected chi connectivity index (χ0v) is 27.1. The van der Waals surface area contributed by atoms with Crippen LogP contribution in [0.2, 0.25) is 5.02 Å².